The zero-order chi connectivity index (χ0) is 16.9. The minimum atomic E-state index is -1.07. The normalized spacial score (nSPS) is 12.4. The first-order valence-electron chi connectivity index (χ1n) is 6.67. The summed E-state index contributed by atoms with van der Waals surface area (Å²) in [7, 11) is 1.43. The predicted octanol–water partition coefficient (Wildman–Crippen LogP) is 3.39. The average Bonchev–Trinajstić information content (AvgIpc) is 2.34. The second kappa shape index (κ2) is 7.35. The van der Waals surface area contributed by atoms with Crippen LogP contribution in [0.4, 0.5) is 4.79 Å². The molecule has 0 unspecified atom stereocenters. The van der Waals surface area contributed by atoms with Crippen LogP contribution in [0.15, 0.2) is 18.2 Å². The van der Waals surface area contributed by atoms with Crippen LogP contribution in [0.1, 0.15) is 38.8 Å². The van der Waals surface area contributed by atoms with Gasteiger partial charge in [-0.05, 0) is 26.8 Å². The van der Waals surface area contributed by atoms with Gasteiger partial charge in [-0.2, -0.15) is 0 Å². The molecule has 0 aromatic heterocycles. The molecule has 1 rings (SSSR count). The van der Waals surface area contributed by atoms with Crippen molar-refractivity contribution in [1.82, 2.24) is 5.32 Å². The molecule has 0 aliphatic rings. The van der Waals surface area contributed by atoms with Gasteiger partial charge in [-0.15, -0.1) is 0 Å². The van der Waals surface area contributed by atoms with Crippen molar-refractivity contribution >= 4 is 23.7 Å². The summed E-state index contributed by atoms with van der Waals surface area (Å²) in [5.41, 5.74) is -0.209. The standard InChI is InChI=1S/C15H20ClNO5/c1-15(2,3)22-14(20)17-11(8-12(18)19)9-6-5-7-10(16)13(9)21-4/h5-7,11H,8H2,1-4H3,(H,17,20)(H,18,19)/t11-/m1/s1. The van der Waals surface area contributed by atoms with Crippen LogP contribution in [0.3, 0.4) is 0 Å². The largest absolute Gasteiger partial charge is 0.495 e. The van der Waals surface area contributed by atoms with E-state index in [4.69, 9.17) is 26.2 Å². The quantitative estimate of drug-likeness (QED) is 0.865. The van der Waals surface area contributed by atoms with Crippen molar-refractivity contribution in [2.24, 2.45) is 0 Å². The molecule has 6 nitrogen and oxygen atoms in total. The fraction of sp³-hybridized carbons (Fsp3) is 0.467. The number of hydrogen-bond acceptors (Lipinski definition) is 4. The minimum absolute atomic E-state index is 0.323. The number of methoxy groups -OCH3 is 1. The molecule has 0 saturated carbocycles. The molecule has 0 heterocycles. The van der Waals surface area contributed by atoms with E-state index < -0.39 is 23.7 Å². The molecule has 2 N–H and O–H groups in total. The topological polar surface area (TPSA) is 84.9 Å². The van der Waals surface area contributed by atoms with Gasteiger partial charge in [-0.1, -0.05) is 23.7 Å². The van der Waals surface area contributed by atoms with Crippen LogP contribution < -0.4 is 10.1 Å². The number of aliphatic carboxylic acids is 1. The minimum Gasteiger partial charge on any atom is -0.495 e. The Kier molecular flexibility index (Phi) is 6.05. The average molecular weight is 330 g/mol. The lowest BCUT2D eigenvalue weighted by atomic mass is 10.0. The third kappa shape index (κ3) is 5.44. The Balaban J connectivity index is 3.06. The number of carboxylic acids is 1. The molecular formula is C15H20ClNO5. The smallest absolute Gasteiger partial charge is 0.408 e. The zero-order valence-corrected chi connectivity index (χ0v) is 13.7. The second-order valence-corrected chi connectivity index (χ2v) is 6.07. The fourth-order valence-electron chi connectivity index (χ4n) is 1.88. The predicted molar refractivity (Wildman–Crippen MR) is 82.4 cm³/mol. The number of nitrogens with one attached hydrogen (secondary N) is 1. The molecular weight excluding hydrogens is 310 g/mol. The van der Waals surface area contributed by atoms with Gasteiger partial charge in [-0.25, -0.2) is 4.79 Å². The van der Waals surface area contributed by atoms with E-state index in [0.717, 1.165) is 0 Å². The fourth-order valence-corrected chi connectivity index (χ4v) is 2.14. The molecule has 0 fully saturated rings. The molecule has 1 aromatic rings. The van der Waals surface area contributed by atoms with Gasteiger partial charge >= 0.3 is 12.1 Å². The number of halogens is 1. The molecule has 1 amide bonds. The maximum atomic E-state index is 11.9. The molecule has 0 saturated heterocycles. The third-order valence-corrected chi connectivity index (χ3v) is 2.94. The summed E-state index contributed by atoms with van der Waals surface area (Å²) in [5, 5.41) is 11.9. The number of carboxylic acid groups (broad SMARTS) is 1. The van der Waals surface area contributed by atoms with Crippen LogP contribution in [-0.4, -0.2) is 29.9 Å². The van der Waals surface area contributed by atoms with Crippen LogP contribution in [0, 0.1) is 0 Å². The number of carbonyl (C=O) groups is 2. The lowest BCUT2D eigenvalue weighted by molar-refractivity contribution is -0.137. The summed E-state index contributed by atoms with van der Waals surface area (Å²) in [6.07, 6.45) is -1.03. The second-order valence-electron chi connectivity index (χ2n) is 5.66. The van der Waals surface area contributed by atoms with E-state index in [2.05, 4.69) is 5.32 Å². The Morgan fingerprint density at radius 2 is 2.00 bits per heavy atom. The first kappa shape index (κ1) is 18.1. The lowest BCUT2D eigenvalue weighted by Gasteiger charge is -2.24. The van der Waals surface area contributed by atoms with E-state index in [1.807, 2.05) is 0 Å². The van der Waals surface area contributed by atoms with E-state index in [9.17, 15) is 9.59 Å². The van der Waals surface area contributed by atoms with Gasteiger partial charge in [0.2, 0.25) is 0 Å². The maximum absolute atomic E-state index is 11.9. The lowest BCUT2D eigenvalue weighted by Crippen LogP contribution is -2.36. The van der Waals surface area contributed by atoms with Gasteiger partial charge in [0.15, 0.2) is 0 Å². The van der Waals surface area contributed by atoms with Crippen molar-refractivity contribution in [2.45, 2.75) is 38.8 Å². The van der Waals surface area contributed by atoms with Crippen LogP contribution in [0.25, 0.3) is 0 Å². The summed E-state index contributed by atoms with van der Waals surface area (Å²) in [5.74, 6) is -0.741. The van der Waals surface area contributed by atoms with Gasteiger partial charge in [0.25, 0.3) is 0 Å². The van der Waals surface area contributed by atoms with E-state index in [-0.39, 0.29) is 6.42 Å². The number of amides is 1. The first-order valence-corrected chi connectivity index (χ1v) is 7.05. The molecule has 122 valence electrons. The van der Waals surface area contributed by atoms with E-state index in [1.54, 1.807) is 39.0 Å². The Morgan fingerprint density at radius 1 is 1.36 bits per heavy atom. The van der Waals surface area contributed by atoms with E-state index in [0.29, 0.717) is 16.3 Å². The van der Waals surface area contributed by atoms with Gasteiger partial charge in [0.1, 0.15) is 11.4 Å². The summed E-state index contributed by atoms with van der Waals surface area (Å²) in [6, 6.07) is 4.11. The van der Waals surface area contributed by atoms with Crippen molar-refractivity contribution in [3.63, 3.8) is 0 Å². The molecule has 1 atom stereocenters. The maximum Gasteiger partial charge on any atom is 0.408 e. The molecule has 0 aliphatic heterocycles. The monoisotopic (exact) mass is 329 g/mol. The molecule has 0 bridgehead atoms. The van der Waals surface area contributed by atoms with Crippen molar-refractivity contribution in [3.05, 3.63) is 28.8 Å². The Bertz CT molecular complexity index is 553. The third-order valence-electron chi connectivity index (χ3n) is 2.65. The molecule has 0 spiro atoms. The van der Waals surface area contributed by atoms with Crippen molar-refractivity contribution in [1.29, 1.82) is 0 Å². The van der Waals surface area contributed by atoms with Gasteiger partial charge in [0.05, 0.1) is 24.6 Å². The SMILES string of the molecule is COc1c(Cl)cccc1[C@@H](CC(=O)O)NC(=O)OC(C)(C)C. The van der Waals surface area contributed by atoms with Gasteiger partial charge < -0.3 is 19.9 Å². The van der Waals surface area contributed by atoms with Crippen LogP contribution in [-0.2, 0) is 9.53 Å². The van der Waals surface area contributed by atoms with Crippen molar-refractivity contribution in [2.75, 3.05) is 7.11 Å². The van der Waals surface area contributed by atoms with E-state index in [1.165, 1.54) is 7.11 Å². The molecule has 0 aliphatic carbocycles. The molecule has 22 heavy (non-hydrogen) atoms. The number of hydrogen-bond donors (Lipinski definition) is 2. The van der Waals surface area contributed by atoms with E-state index >= 15 is 0 Å². The number of para-hydroxylation sites is 1. The highest BCUT2D eigenvalue weighted by Crippen LogP contribution is 2.34. The van der Waals surface area contributed by atoms with Crippen molar-refractivity contribution in [3.8, 4) is 5.75 Å². The molecule has 7 heteroatoms. The Hall–Kier alpha value is -1.95. The highest BCUT2D eigenvalue weighted by molar-refractivity contribution is 6.32. The summed E-state index contributed by atoms with van der Waals surface area (Å²) >= 11 is 6.04. The van der Waals surface area contributed by atoms with Crippen molar-refractivity contribution < 1.29 is 24.2 Å². The zero-order valence-electron chi connectivity index (χ0n) is 13.0. The number of carbonyl (C=O) groups excluding carboxylic acids is 1. The number of ether oxygens (including phenoxy) is 2. The van der Waals surface area contributed by atoms with Gasteiger partial charge in [-0.3, -0.25) is 4.79 Å². The van der Waals surface area contributed by atoms with Crippen LogP contribution in [0.2, 0.25) is 5.02 Å². The summed E-state index contributed by atoms with van der Waals surface area (Å²) in [4.78, 5) is 23.0. The number of rotatable bonds is 5. The Morgan fingerprint density at radius 3 is 2.50 bits per heavy atom. The highest BCUT2D eigenvalue weighted by Gasteiger charge is 2.25. The first-order chi connectivity index (χ1) is 10.1. The summed E-state index contributed by atoms with van der Waals surface area (Å²) in [6.45, 7) is 5.16. The highest BCUT2D eigenvalue weighted by atomic mass is 35.5. The van der Waals surface area contributed by atoms with Crippen LogP contribution in [0.5, 0.6) is 5.75 Å². The number of benzene rings is 1. The molecule has 0 radical (unpaired) electrons. The molecule has 1 aromatic carbocycles. The summed E-state index contributed by atoms with van der Waals surface area (Å²) < 4.78 is 10.4. The number of alkyl carbamates (subject to hydrolysis) is 1. The van der Waals surface area contributed by atoms with Gasteiger partial charge in [0, 0.05) is 5.56 Å². The Labute approximate surface area is 134 Å². The van der Waals surface area contributed by atoms with Crippen LogP contribution >= 0.6 is 11.6 Å².